The minimum atomic E-state index is -1.85. The van der Waals surface area contributed by atoms with Crippen LogP contribution in [-0.2, 0) is 19.2 Å². The highest BCUT2D eigenvalue weighted by molar-refractivity contribution is 6.53. The third-order valence-corrected chi connectivity index (χ3v) is 10.3. The van der Waals surface area contributed by atoms with Crippen LogP contribution in [0.1, 0.15) is 29.9 Å². The Morgan fingerprint density at radius 3 is 2.29 bits per heavy atom. The number of phenolic OH excluding ortho intramolecular Hbond substituents is 1. The van der Waals surface area contributed by atoms with E-state index >= 15 is 0 Å². The van der Waals surface area contributed by atoms with Gasteiger partial charge in [0.05, 0.1) is 17.5 Å². The second kappa shape index (κ2) is 8.31. The molecule has 1 saturated carbocycles. The summed E-state index contributed by atoms with van der Waals surface area (Å²) < 4.78 is 0. The Balaban J connectivity index is 1.52. The van der Waals surface area contributed by atoms with E-state index in [0.717, 1.165) is 4.90 Å². The van der Waals surface area contributed by atoms with Gasteiger partial charge in [-0.05, 0) is 67.1 Å². The molecule has 2 aliphatic carbocycles. The fourth-order valence-corrected chi connectivity index (χ4v) is 7.97. The number of anilines is 1. The standard InChI is InChI=1S/C28H23Cl3N2O5/c1-13-11-14(3-10-20(13)34)22-17-8-9-18-21(24(36)33(23(18)35)16-6-4-15(29)5-7-16)19(17)12-27(30)25(37)32(2)26(38)28(22,27)31/h3-8,10-11,18-19,21-22,34H,9,12H2,1-2H3. The number of carbonyl (C=O) groups is 4. The second-order valence-electron chi connectivity index (χ2n) is 10.5. The molecule has 0 radical (unpaired) electrons. The lowest BCUT2D eigenvalue weighted by Gasteiger charge is -2.50. The molecule has 2 aromatic rings. The fourth-order valence-electron chi connectivity index (χ4n) is 6.82. The number of likely N-dealkylation sites (tertiary alicyclic amines) is 1. The average molecular weight is 574 g/mol. The van der Waals surface area contributed by atoms with E-state index in [1.54, 1.807) is 43.3 Å². The van der Waals surface area contributed by atoms with E-state index in [9.17, 15) is 24.3 Å². The van der Waals surface area contributed by atoms with E-state index < -0.39 is 45.2 Å². The SMILES string of the molecule is Cc1cc(C2C3=CCC4C(=O)N(c5ccc(Cl)cc5)C(=O)C4C3CC3(Cl)C(=O)N(C)C(=O)C23Cl)ccc1O. The molecular weight excluding hydrogens is 551 g/mol. The van der Waals surface area contributed by atoms with Gasteiger partial charge < -0.3 is 5.11 Å². The molecule has 2 aromatic carbocycles. The number of halogens is 3. The number of aryl methyl sites for hydroxylation is 1. The number of alkyl halides is 2. The largest absolute Gasteiger partial charge is 0.508 e. The summed E-state index contributed by atoms with van der Waals surface area (Å²) in [4.78, 5) is 52.9. The van der Waals surface area contributed by atoms with Crippen LogP contribution in [0.3, 0.4) is 0 Å². The molecule has 6 atom stereocenters. The summed E-state index contributed by atoms with van der Waals surface area (Å²) in [6.45, 7) is 1.72. The number of phenols is 1. The molecule has 0 aromatic heterocycles. The molecule has 6 rings (SSSR count). The summed E-state index contributed by atoms with van der Waals surface area (Å²) in [5.41, 5.74) is 2.28. The van der Waals surface area contributed by atoms with E-state index in [1.807, 2.05) is 6.08 Å². The predicted octanol–water partition coefficient (Wildman–Crippen LogP) is 4.55. The Morgan fingerprint density at radius 1 is 0.947 bits per heavy atom. The van der Waals surface area contributed by atoms with E-state index in [4.69, 9.17) is 34.8 Å². The van der Waals surface area contributed by atoms with Crippen LogP contribution in [0.2, 0.25) is 5.02 Å². The van der Waals surface area contributed by atoms with E-state index in [2.05, 4.69) is 0 Å². The van der Waals surface area contributed by atoms with Gasteiger partial charge in [-0.25, -0.2) is 0 Å². The second-order valence-corrected chi connectivity index (χ2v) is 12.2. The zero-order valence-corrected chi connectivity index (χ0v) is 22.7. The van der Waals surface area contributed by atoms with E-state index in [1.165, 1.54) is 18.0 Å². The number of amides is 4. The lowest BCUT2D eigenvalue weighted by atomic mass is 9.56. The summed E-state index contributed by atoms with van der Waals surface area (Å²) in [6.07, 6.45) is 2.09. The van der Waals surface area contributed by atoms with Crippen LogP contribution in [-0.4, -0.2) is 50.4 Å². The molecule has 1 N–H and O–H groups in total. The molecular formula is C28H23Cl3N2O5. The van der Waals surface area contributed by atoms with Gasteiger partial charge in [0.1, 0.15) is 5.75 Å². The quantitative estimate of drug-likeness (QED) is 0.323. The van der Waals surface area contributed by atoms with Crippen molar-refractivity contribution in [2.75, 3.05) is 11.9 Å². The Morgan fingerprint density at radius 2 is 1.63 bits per heavy atom. The fraction of sp³-hybridized carbons (Fsp3) is 0.357. The van der Waals surface area contributed by atoms with Crippen LogP contribution >= 0.6 is 34.8 Å². The van der Waals surface area contributed by atoms with Gasteiger partial charge in [0, 0.05) is 18.0 Å². The predicted molar refractivity (Wildman–Crippen MR) is 142 cm³/mol. The van der Waals surface area contributed by atoms with Crippen LogP contribution < -0.4 is 4.90 Å². The minimum absolute atomic E-state index is 0.0684. The van der Waals surface area contributed by atoms with E-state index in [-0.39, 0.29) is 30.4 Å². The topological polar surface area (TPSA) is 95.0 Å². The molecule has 0 bridgehead atoms. The third kappa shape index (κ3) is 3.09. The zero-order valence-electron chi connectivity index (χ0n) is 20.5. The van der Waals surface area contributed by atoms with Crippen LogP contribution in [0.15, 0.2) is 54.1 Å². The molecule has 10 heteroatoms. The lowest BCUT2D eigenvalue weighted by Crippen LogP contribution is -2.60. The van der Waals surface area contributed by atoms with Crippen molar-refractivity contribution in [3.05, 3.63) is 70.3 Å². The van der Waals surface area contributed by atoms with Crippen molar-refractivity contribution in [1.29, 1.82) is 0 Å². The molecule has 2 heterocycles. The molecule has 0 spiro atoms. The van der Waals surface area contributed by atoms with Gasteiger partial charge in [-0.15, -0.1) is 23.2 Å². The number of benzene rings is 2. The summed E-state index contributed by atoms with van der Waals surface area (Å²) >= 11 is 20.3. The smallest absolute Gasteiger partial charge is 0.253 e. The Hall–Kier alpha value is -2.87. The molecule has 3 fully saturated rings. The number of hydrogen-bond donors (Lipinski definition) is 1. The normalized spacial score (nSPS) is 34.3. The third-order valence-electron chi connectivity index (χ3n) is 8.65. The minimum Gasteiger partial charge on any atom is -0.508 e. The van der Waals surface area contributed by atoms with Crippen LogP contribution in [0.4, 0.5) is 5.69 Å². The van der Waals surface area contributed by atoms with Gasteiger partial charge in [0.2, 0.25) is 11.8 Å². The number of allylic oxidation sites excluding steroid dienone is 2. The van der Waals surface area contributed by atoms with Gasteiger partial charge in [-0.3, -0.25) is 29.0 Å². The first kappa shape index (κ1) is 25.4. The molecule has 38 heavy (non-hydrogen) atoms. The van der Waals surface area contributed by atoms with Crippen molar-refractivity contribution in [3.63, 3.8) is 0 Å². The molecule has 2 saturated heterocycles. The molecule has 196 valence electrons. The summed E-state index contributed by atoms with van der Waals surface area (Å²) in [5, 5.41) is 10.6. The highest BCUT2D eigenvalue weighted by Gasteiger charge is 2.75. The number of fused-ring (bicyclic) bond motifs is 4. The highest BCUT2D eigenvalue weighted by Crippen LogP contribution is 2.65. The monoisotopic (exact) mass is 572 g/mol. The average Bonchev–Trinajstić information content (AvgIpc) is 3.21. The number of aromatic hydroxyl groups is 1. The van der Waals surface area contributed by atoms with Crippen molar-refractivity contribution in [2.45, 2.75) is 35.4 Å². The number of rotatable bonds is 2. The summed E-state index contributed by atoms with van der Waals surface area (Å²) in [5.74, 6) is -4.76. The lowest BCUT2D eigenvalue weighted by molar-refractivity contribution is -0.138. The van der Waals surface area contributed by atoms with Crippen molar-refractivity contribution in [1.82, 2.24) is 4.90 Å². The van der Waals surface area contributed by atoms with Gasteiger partial charge >= 0.3 is 0 Å². The van der Waals surface area contributed by atoms with Crippen molar-refractivity contribution in [2.24, 2.45) is 17.8 Å². The van der Waals surface area contributed by atoms with Gasteiger partial charge in [0.25, 0.3) is 11.8 Å². The summed E-state index contributed by atoms with van der Waals surface area (Å²) in [6, 6.07) is 11.3. The number of imide groups is 2. The van der Waals surface area contributed by atoms with Crippen LogP contribution in [0, 0.1) is 24.7 Å². The van der Waals surface area contributed by atoms with Crippen molar-refractivity contribution >= 4 is 64.1 Å². The Kier molecular flexibility index (Phi) is 5.56. The molecule has 2 aliphatic heterocycles. The summed E-state index contributed by atoms with van der Waals surface area (Å²) in [7, 11) is 1.35. The number of hydrogen-bond acceptors (Lipinski definition) is 5. The van der Waals surface area contributed by atoms with Gasteiger partial charge in [-0.1, -0.05) is 35.4 Å². The highest BCUT2D eigenvalue weighted by atomic mass is 35.5. The first-order valence-corrected chi connectivity index (χ1v) is 13.4. The van der Waals surface area contributed by atoms with Crippen molar-refractivity contribution < 1.29 is 24.3 Å². The maximum absolute atomic E-state index is 13.9. The van der Waals surface area contributed by atoms with Crippen LogP contribution in [0.25, 0.3) is 0 Å². The molecule has 4 amide bonds. The molecule has 7 nitrogen and oxygen atoms in total. The number of carbonyl (C=O) groups excluding carboxylic acids is 4. The Labute approximate surface area is 233 Å². The van der Waals surface area contributed by atoms with E-state index in [0.29, 0.717) is 27.4 Å². The molecule has 4 aliphatic rings. The maximum atomic E-state index is 13.9. The molecule has 6 unspecified atom stereocenters. The Bertz CT molecular complexity index is 1470. The van der Waals surface area contributed by atoms with Gasteiger partial charge in [-0.2, -0.15) is 0 Å². The number of nitrogens with zero attached hydrogens (tertiary/aromatic N) is 2. The zero-order chi connectivity index (χ0) is 27.3. The first-order chi connectivity index (χ1) is 17.9. The first-order valence-electron chi connectivity index (χ1n) is 12.2. The maximum Gasteiger partial charge on any atom is 0.253 e. The van der Waals surface area contributed by atoms with Crippen molar-refractivity contribution in [3.8, 4) is 5.75 Å². The van der Waals surface area contributed by atoms with Gasteiger partial charge in [0.15, 0.2) is 9.75 Å². The van der Waals surface area contributed by atoms with Crippen LogP contribution in [0.5, 0.6) is 5.75 Å².